The Kier molecular flexibility index (Phi) is 2.19. The van der Waals surface area contributed by atoms with Crippen molar-refractivity contribution < 1.29 is 9.90 Å². The van der Waals surface area contributed by atoms with Crippen molar-refractivity contribution in [3.8, 4) is 0 Å². The Bertz CT molecular complexity index is 504. The SMILES string of the molecule is O=C(O)C1CCNC1c1cn2ccnc2s1. The number of imidazole rings is 1. The van der Waals surface area contributed by atoms with Crippen LogP contribution in [0.25, 0.3) is 4.96 Å². The molecule has 16 heavy (non-hydrogen) atoms. The summed E-state index contributed by atoms with van der Waals surface area (Å²) >= 11 is 1.55. The van der Waals surface area contributed by atoms with E-state index in [1.54, 1.807) is 17.5 Å². The summed E-state index contributed by atoms with van der Waals surface area (Å²) in [5.74, 6) is -1.04. The van der Waals surface area contributed by atoms with Crippen LogP contribution in [-0.2, 0) is 4.79 Å². The summed E-state index contributed by atoms with van der Waals surface area (Å²) in [7, 11) is 0. The quantitative estimate of drug-likeness (QED) is 0.821. The summed E-state index contributed by atoms with van der Waals surface area (Å²) in [6, 6.07) is -0.0656. The van der Waals surface area contributed by atoms with Crippen LogP contribution < -0.4 is 5.32 Å². The number of fused-ring (bicyclic) bond motifs is 1. The zero-order chi connectivity index (χ0) is 11.1. The summed E-state index contributed by atoms with van der Waals surface area (Å²) in [6.07, 6.45) is 6.28. The minimum atomic E-state index is -0.721. The molecule has 84 valence electrons. The Morgan fingerprint density at radius 2 is 2.56 bits per heavy atom. The fourth-order valence-corrected chi connectivity index (χ4v) is 3.24. The summed E-state index contributed by atoms with van der Waals surface area (Å²) in [4.78, 5) is 17.2. The van der Waals surface area contributed by atoms with E-state index in [9.17, 15) is 4.79 Å². The van der Waals surface area contributed by atoms with E-state index in [2.05, 4.69) is 10.3 Å². The number of hydrogen-bond acceptors (Lipinski definition) is 4. The molecule has 0 spiro atoms. The molecule has 2 unspecified atom stereocenters. The Morgan fingerprint density at radius 3 is 3.31 bits per heavy atom. The molecule has 0 aromatic carbocycles. The van der Waals surface area contributed by atoms with Crippen LogP contribution >= 0.6 is 11.3 Å². The highest BCUT2D eigenvalue weighted by Crippen LogP contribution is 2.33. The second-order valence-electron chi connectivity index (χ2n) is 3.92. The molecule has 3 heterocycles. The van der Waals surface area contributed by atoms with Crippen molar-refractivity contribution in [2.45, 2.75) is 12.5 Å². The summed E-state index contributed by atoms with van der Waals surface area (Å²) in [5, 5.41) is 12.4. The second kappa shape index (κ2) is 3.57. The minimum absolute atomic E-state index is 0.0656. The Morgan fingerprint density at radius 1 is 1.69 bits per heavy atom. The maximum Gasteiger partial charge on any atom is 0.308 e. The molecule has 0 saturated carbocycles. The molecule has 6 heteroatoms. The number of thiazole rings is 1. The molecule has 2 aromatic rings. The summed E-state index contributed by atoms with van der Waals surface area (Å²) < 4.78 is 1.93. The predicted molar refractivity (Wildman–Crippen MR) is 59.6 cm³/mol. The first kappa shape index (κ1) is 9.80. The van der Waals surface area contributed by atoms with E-state index in [1.807, 2.05) is 16.8 Å². The van der Waals surface area contributed by atoms with Crippen LogP contribution in [-0.4, -0.2) is 27.0 Å². The average molecular weight is 237 g/mol. The van der Waals surface area contributed by atoms with E-state index in [0.717, 1.165) is 16.4 Å². The van der Waals surface area contributed by atoms with Gasteiger partial charge in [0.05, 0.1) is 12.0 Å². The van der Waals surface area contributed by atoms with Gasteiger partial charge < -0.3 is 10.4 Å². The van der Waals surface area contributed by atoms with E-state index in [1.165, 1.54) is 0 Å². The molecule has 1 fully saturated rings. The predicted octanol–water partition coefficient (Wildman–Crippen LogP) is 1.13. The van der Waals surface area contributed by atoms with Gasteiger partial charge in [0.25, 0.3) is 0 Å². The van der Waals surface area contributed by atoms with Crippen LogP contribution in [0.5, 0.6) is 0 Å². The van der Waals surface area contributed by atoms with Gasteiger partial charge in [0.1, 0.15) is 0 Å². The van der Waals surface area contributed by atoms with Crippen LogP contribution in [0.3, 0.4) is 0 Å². The fraction of sp³-hybridized carbons (Fsp3) is 0.400. The summed E-state index contributed by atoms with van der Waals surface area (Å²) in [5.41, 5.74) is 0. The maximum absolute atomic E-state index is 11.1. The van der Waals surface area contributed by atoms with E-state index < -0.39 is 5.97 Å². The van der Waals surface area contributed by atoms with Crippen molar-refractivity contribution in [2.24, 2.45) is 5.92 Å². The monoisotopic (exact) mass is 237 g/mol. The zero-order valence-corrected chi connectivity index (χ0v) is 9.28. The highest BCUT2D eigenvalue weighted by atomic mass is 32.1. The Balaban J connectivity index is 1.97. The van der Waals surface area contributed by atoms with Gasteiger partial charge in [-0.05, 0) is 13.0 Å². The normalized spacial score (nSPS) is 25.2. The first-order valence-corrected chi connectivity index (χ1v) is 5.96. The van der Waals surface area contributed by atoms with Gasteiger partial charge in [-0.1, -0.05) is 11.3 Å². The van der Waals surface area contributed by atoms with E-state index in [-0.39, 0.29) is 12.0 Å². The van der Waals surface area contributed by atoms with Gasteiger partial charge >= 0.3 is 5.97 Å². The van der Waals surface area contributed by atoms with Crippen molar-refractivity contribution in [3.63, 3.8) is 0 Å². The average Bonchev–Trinajstić information content (AvgIpc) is 2.91. The lowest BCUT2D eigenvalue weighted by atomic mass is 10.0. The molecule has 0 aliphatic carbocycles. The highest BCUT2D eigenvalue weighted by Gasteiger charge is 2.34. The molecular formula is C10H11N3O2S. The van der Waals surface area contributed by atoms with Crippen LogP contribution in [0, 0.1) is 5.92 Å². The van der Waals surface area contributed by atoms with Gasteiger partial charge in [0, 0.05) is 23.5 Å². The molecule has 0 amide bonds. The molecule has 2 atom stereocenters. The molecule has 2 N–H and O–H groups in total. The highest BCUT2D eigenvalue weighted by molar-refractivity contribution is 7.17. The van der Waals surface area contributed by atoms with Gasteiger partial charge in [-0.15, -0.1) is 0 Å². The largest absolute Gasteiger partial charge is 0.481 e. The zero-order valence-electron chi connectivity index (χ0n) is 8.46. The fourth-order valence-electron chi connectivity index (χ4n) is 2.16. The van der Waals surface area contributed by atoms with Crippen LogP contribution in [0.4, 0.5) is 0 Å². The molecule has 1 aliphatic heterocycles. The van der Waals surface area contributed by atoms with Gasteiger partial charge in [0.2, 0.25) is 0 Å². The van der Waals surface area contributed by atoms with Crippen molar-refractivity contribution in [1.29, 1.82) is 0 Å². The molecule has 1 saturated heterocycles. The Labute approximate surface area is 95.7 Å². The number of carbonyl (C=O) groups is 1. The maximum atomic E-state index is 11.1. The standard InChI is InChI=1S/C10H11N3O2S/c14-9(15)6-1-2-11-8(6)7-5-13-4-3-12-10(13)16-7/h3-6,8,11H,1-2H2,(H,14,15). The number of rotatable bonds is 2. The molecule has 5 nitrogen and oxygen atoms in total. The number of hydrogen-bond donors (Lipinski definition) is 2. The van der Waals surface area contributed by atoms with Crippen molar-refractivity contribution >= 4 is 22.3 Å². The smallest absolute Gasteiger partial charge is 0.308 e. The van der Waals surface area contributed by atoms with E-state index in [4.69, 9.17) is 5.11 Å². The topological polar surface area (TPSA) is 66.6 Å². The van der Waals surface area contributed by atoms with E-state index >= 15 is 0 Å². The Hall–Kier alpha value is -1.40. The minimum Gasteiger partial charge on any atom is -0.481 e. The number of aromatic nitrogens is 2. The van der Waals surface area contributed by atoms with Crippen molar-refractivity contribution in [3.05, 3.63) is 23.5 Å². The number of aliphatic carboxylic acids is 1. The third kappa shape index (κ3) is 1.42. The van der Waals surface area contributed by atoms with Crippen LogP contribution in [0.15, 0.2) is 18.6 Å². The number of nitrogens with zero attached hydrogens (tertiary/aromatic N) is 2. The molecule has 3 rings (SSSR count). The second-order valence-corrected chi connectivity index (χ2v) is 4.96. The molecule has 1 aliphatic rings. The summed E-state index contributed by atoms with van der Waals surface area (Å²) in [6.45, 7) is 0.766. The van der Waals surface area contributed by atoms with Gasteiger partial charge in [0.15, 0.2) is 4.96 Å². The van der Waals surface area contributed by atoms with Crippen molar-refractivity contribution in [2.75, 3.05) is 6.54 Å². The van der Waals surface area contributed by atoms with Gasteiger partial charge in [-0.25, -0.2) is 4.98 Å². The molecular weight excluding hydrogens is 226 g/mol. The lowest BCUT2D eigenvalue weighted by Crippen LogP contribution is -2.22. The molecule has 2 aromatic heterocycles. The van der Waals surface area contributed by atoms with Gasteiger partial charge in [-0.2, -0.15) is 0 Å². The van der Waals surface area contributed by atoms with Crippen LogP contribution in [0.2, 0.25) is 0 Å². The van der Waals surface area contributed by atoms with Gasteiger partial charge in [-0.3, -0.25) is 9.20 Å². The van der Waals surface area contributed by atoms with Crippen molar-refractivity contribution in [1.82, 2.24) is 14.7 Å². The number of carboxylic acid groups (broad SMARTS) is 1. The van der Waals surface area contributed by atoms with Crippen LogP contribution in [0.1, 0.15) is 17.3 Å². The first-order valence-electron chi connectivity index (χ1n) is 5.14. The number of carboxylic acids is 1. The van der Waals surface area contributed by atoms with E-state index in [0.29, 0.717) is 6.42 Å². The molecule has 0 bridgehead atoms. The molecule has 0 radical (unpaired) electrons. The number of nitrogens with one attached hydrogen (secondary N) is 1. The first-order chi connectivity index (χ1) is 7.75. The lowest BCUT2D eigenvalue weighted by molar-refractivity contribution is -0.142. The third-order valence-electron chi connectivity index (χ3n) is 2.95. The third-order valence-corrected chi connectivity index (χ3v) is 4.05. The lowest BCUT2D eigenvalue weighted by Gasteiger charge is -2.12.